The lowest BCUT2D eigenvalue weighted by Crippen LogP contribution is -2.49. The smallest absolute Gasteiger partial charge is 0.0595 e. The zero-order valence-corrected chi connectivity index (χ0v) is 9.70. The summed E-state index contributed by atoms with van der Waals surface area (Å²) in [5, 5.41) is 0. The van der Waals surface area contributed by atoms with E-state index >= 15 is 0 Å². The molecular formula is C11H24N2O. The molecule has 0 aliphatic carbocycles. The van der Waals surface area contributed by atoms with Crippen LogP contribution in [0.3, 0.4) is 0 Å². The van der Waals surface area contributed by atoms with Crippen LogP contribution in [0.15, 0.2) is 0 Å². The van der Waals surface area contributed by atoms with E-state index in [0.717, 1.165) is 32.4 Å². The van der Waals surface area contributed by atoms with Crippen LogP contribution in [0.2, 0.25) is 0 Å². The summed E-state index contributed by atoms with van der Waals surface area (Å²) in [6.45, 7) is 6.66. The van der Waals surface area contributed by atoms with Gasteiger partial charge in [0.15, 0.2) is 0 Å². The molecule has 2 atom stereocenters. The number of piperidine rings is 1. The summed E-state index contributed by atoms with van der Waals surface area (Å²) in [6, 6.07) is 0.826. The first-order valence-corrected chi connectivity index (χ1v) is 5.71. The van der Waals surface area contributed by atoms with E-state index < -0.39 is 0 Å². The Kier molecular flexibility index (Phi) is 4.85. The summed E-state index contributed by atoms with van der Waals surface area (Å²) in [6.07, 6.45) is 3.83. The van der Waals surface area contributed by atoms with Crippen molar-refractivity contribution in [3.63, 3.8) is 0 Å². The van der Waals surface area contributed by atoms with Crippen molar-refractivity contribution >= 4 is 0 Å². The van der Waals surface area contributed by atoms with Gasteiger partial charge in [0.05, 0.1) is 6.10 Å². The van der Waals surface area contributed by atoms with Crippen LogP contribution in [0.5, 0.6) is 0 Å². The average Bonchev–Trinajstić information content (AvgIpc) is 2.27. The number of rotatable bonds is 4. The van der Waals surface area contributed by atoms with E-state index in [2.05, 4.69) is 18.7 Å². The second kappa shape index (κ2) is 5.69. The van der Waals surface area contributed by atoms with Gasteiger partial charge in [-0.15, -0.1) is 0 Å². The minimum atomic E-state index is 0.314. The molecule has 0 amide bonds. The van der Waals surface area contributed by atoms with Gasteiger partial charge in [0, 0.05) is 32.3 Å². The van der Waals surface area contributed by atoms with Gasteiger partial charge in [0.1, 0.15) is 0 Å². The van der Waals surface area contributed by atoms with Crippen LogP contribution in [0.4, 0.5) is 0 Å². The highest BCUT2D eigenvalue weighted by Gasteiger charge is 2.24. The minimum absolute atomic E-state index is 0.314. The van der Waals surface area contributed by atoms with E-state index in [1.165, 1.54) is 0 Å². The van der Waals surface area contributed by atoms with Gasteiger partial charge in [-0.05, 0) is 26.2 Å². The Hall–Kier alpha value is -0.120. The first-order chi connectivity index (χ1) is 6.69. The topological polar surface area (TPSA) is 38.5 Å². The van der Waals surface area contributed by atoms with Crippen molar-refractivity contribution in [2.45, 2.75) is 51.3 Å². The van der Waals surface area contributed by atoms with Crippen molar-refractivity contribution in [1.29, 1.82) is 0 Å². The summed E-state index contributed by atoms with van der Waals surface area (Å²) in [5.74, 6) is 0. The maximum absolute atomic E-state index is 6.04. The van der Waals surface area contributed by atoms with Gasteiger partial charge < -0.3 is 10.5 Å². The largest absolute Gasteiger partial charge is 0.381 e. The van der Waals surface area contributed by atoms with E-state index in [4.69, 9.17) is 10.5 Å². The molecule has 0 aromatic heterocycles. The molecule has 1 saturated heterocycles. The number of nitrogens with two attached hydrogens (primary N) is 1. The van der Waals surface area contributed by atoms with E-state index in [-0.39, 0.29) is 0 Å². The van der Waals surface area contributed by atoms with Crippen LogP contribution in [-0.2, 0) is 4.74 Å². The second-order valence-corrected chi connectivity index (χ2v) is 4.28. The van der Waals surface area contributed by atoms with Crippen LogP contribution < -0.4 is 5.73 Å². The monoisotopic (exact) mass is 200 g/mol. The van der Waals surface area contributed by atoms with E-state index in [9.17, 15) is 0 Å². The molecule has 1 rings (SSSR count). The van der Waals surface area contributed by atoms with Crippen LogP contribution in [-0.4, -0.2) is 43.3 Å². The molecule has 14 heavy (non-hydrogen) atoms. The number of likely N-dealkylation sites (tertiary alicyclic amines) is 1. The van der Waals surface area contributed by atoms with Crippen molar-refractivity contribution in [2.24, 2.45) is 5.73 Å². The fraction of sp³-hybridized carbons (Fsp3) is 1.00. The third-order valence-corrected chi connectivity index (χ3v) is 3.48. The number of hydrogen-bond acceptors (Lipinski definition) is 3. The first-order valence-electron chi connectivity index (χ1n) is 5.71. The van der Waals surface area contributed by atoms with Crippen LogP contribution in [0, 0.1) is 0 Å². The van der Waals surface area contributed by atoms with Crippen molar-refractivity contribution in [1.82, 2.24) is 4.90 Å². The van der Waals surface area contributed by atoms with Crippen LogP contribution in [0.1, 0.15) is 33.1 Å². The normalized spacial score (nSPS) is 24.9. The number of nitrogens with zero attached hydrogens (tertiary/aromatic N) is 1. The Morgan fingerprint density at radius 1 is 1.43 bits per heavy atom. The second-order valence-electron chi connectivity index (χ2n) is 4.28. The van der Waals surface area contributed by atoms with Gasteiger partial charge in [-0.2, -0.15) is 0 Å². The van der Waals surface area contributed by atoms with Gasteiger partial charge in [0.2, 0.25) is 0 Å². The Bertz CT molecular complexity index is 155. The fourth-order valence-corrected chi connectivity index (χ4v) is 2.13. The lowest BCUT2D eigenvalue weighted by atomic mass is 10.0. The maximum atomic E-state index is 6.04. The Balaban J connectivity index is 2.33. The molecule has 0 aromatic rings. The predicted molar refractivity (Wildman–Crippen MR) is 59.3 cm³/mol. The first kappa shape index (κ1) is 12.0. The molecule has 3 heteroatoms. The molecule has 84 valence electrons. The molecule has 0 bridgehead atoms. The summed E-state index contributed by atoms with van der Waals surface area (Å²) in [7, 11) is 1.81. The molecule has 0 spiro atoms. The minimum Gasteiger partial charge on any atom is -0.381 e. The van der Waals surface area contributed by atoms with E-state index in [1.54, 1.807) is 0 Å². The molecule has 2 N–H and O–H groups in total. The van der Waals surface area contributed by atoms with Crippen molar-refractivity contribution in [3.8, 4) is 0 Å². The molecule has 2 unspecified atom stereocenters. The van der Waals surface area contributed by atoms with Crippen molar-refractivity contribution in [3.05, 3.63) is 0 Å². The fourth-order valence-electron chi connectivity index (χ4n) is 2.13. The molecule has 1 aliphatic rings. The SMILES string of the molecule is CCC(N)C(C)N1CCC(OC)CC1. The quantitative estimate of drug-likeness (QED) is 0.741. The van der Waals surface area contributed by atoms with Gasteiger partial charge >= 0.3 is 0 Å². The van der Waals surface area contributed by atoms with Crippen LogP contribution in [0.25, 0.3) is 0 Å². The van der Waals surface area contributed by atoms with E-state index in [0.29, 0.717) is 18.2 Å². The standard InChI is InChI=1S/C11H24N2O/c1-4-11(12)9(2)13-7-5-10(14-3)6-8-13/h9-11H,4-8,12H2,1-3H3. The molecule has 1 fully saturated rings. The van der Waals surface area contributed by atoms with E-state index in [1.807, 2.05) is 7.11 Å². The van der Waals surface area contributed by atoms with Gasteiger partial charge in [-0.3, -0.25) is 4.90 Å². The van der Waals surface area contributed by atoms with Gasteiger partial charge in [-0.25, -0.2) is 0 Å². The molecule has 0 saturated carbocycles. The highest BCUT2D eigenvalue weighted by atomic mass is 16.5. The third kappa shape index (κ3) is 2.94. The summed E-state index contributed by atoms with van der Waals surface area (Å²) >= 11 is 0. The highest BCUT2D eigenvalue weighted by Crippen LogP contribution is 2.16. The summed E-state index contributed by atoms with van der Waals surface area (Å²) in [5.41, 5.74) is 6.04. The molecule has 0 aromatic carbocycles. The average molecular weight is 200 g/mol. The molecule has 3 nitrogen and oxygen atoms in total. The van der Waals surface area contributed by atoms with Crippen molar-refractivity contribution in [2.75, 3.05) is 20.2 Å². The summed E-state index contributed by atoms with van der Waals surface area (Å²) < 4.78 is 5.35. The zero-order valence-electron chi connectivity index (χ0n) is 9.70. The molecular weight excluding hydrogens is 176 g/mol. The van der Waals surface area contributed by atoms with Gasteiger partial charge in [0.25, 0.3) is 0 Å². The summed E-state index contributed by atoms with van der Waals surface area (Å²) in [4.78, 5) is 2.49. The molecule has 1 heterocycles. The van der Waals surface area contributed by atoms with Crippen molar-refractivity contribution < 1.29 is 4.74 Å². The zero-order chi connectivity index (χ0) is 10.6. The molecule has 1 aliphatic heterocycles. The Morgan fingerprint density at radius 2 is 2.00 bits per heavy atom. The Morgan fingerprint density at radius 3 is 2.43 bits per heavy atom. The number of ether oxygens (including phenoxy) is 1. The lowest BCUT2D eigenvalue weighted by molar-refractivity contribution is 0.0258. The number of methoxy groups -OCH3 is 1. The van der Waals surface area contributed by atoms with Crippen LogP contribution >= 0.6 is 0 Å². The van der Waals surface area contributed by atoms with Gasteiger partial charge in [-0.1, -0.05) is 6.92 Å². The number of hydrogen-bond donors (Lipinski definition) is 1. The predicted octanol–water partition coefficient (Wildman–Crippen LogP) is 1.22. The molecule has 0 radical (unpaired) electrons. The highest BCUT2D eigenvalue weighted by molar-refractivity contribution is 4.81. The third-order valence-electron chi connectivity index (χ3n) is 3.48. The Labute approximate surface area is 87.6 Å². The lowest BCUT2D eigenvalue weighted by Gasteiger charge is -2.37. The maximum Gasteiger partial charge on any atom is 0.0595 e.